The van der Waals surface area contributed by atoms with E-state index in [-0.39, 0.29) is 11.8 Å². The average molecular weight is 332 g/mol. The molecule has 1 aromatic heterocycles. The summed E-state index contributed by atoms with van der Waals surface area (Å²) in [5.41, 5.74) is 1.16. The van der Waals surface area contributed by atoms with E-state index < -0.39 is 5.60 Å². The Hall–Kier alpha value is -1.40. The summed E-state index contributed by atoms with van der Waals surface area (Å²) in [6.07, 6.45) is 5.98. The molecule has 0 aromatic carbocycles. The summed E-state index contributed by atoms with van der Waals surface area (Å²) in [5, 5.41) is 15.4. The van der Waals surface area contributed by atoms with Crippen molar-refractivity contribution >= 4 is 5.91 Å². The Bertz CT molecular complexity index is 629. The van der Waals surface area contributed by atoms with Gasteiger partial charge in [-0.1, -0.05) is 12.8 Å². The monoisotopic (exact) mass is 332 g/mol. The molecule has 3 aliphatic rings. The predicted molar refractivity (Wildman–Crippen MR) is 90.6 cm³/mol. The smallest absolute Gasteiger partial charge is 0.274 e. The number of hydrogen-bond donors (Lipinski definition) is 1. The Labute approximate surface area is 143 Å². The second-order valence-electron chi connectivity index (χ2n) is 7.88. The fourth-order valence-electron chi connectivity index (χ4n) is 4.64. The summed E-state index contributed by atoms with van der Waals surface area (Å²) in [7, 11) is 2.11. The molecule has 4 rings (SSSR count). The van der Waals surface area contributed by atoms with Crippen molar-refractivity contribution in [1.29, 1.82) is 0 Å². The zero-order chi connectivity index (χ0) is 16.7. The van der Waals surface area contributed by atoms with Gasteiger partial charge in [0.15, 0.2) is 5.69 Å². The molecule has 0 spiro atoms. The highest BCUT2D eigenvalue weighted by atomic mass is 16.3. The normalized spacial score (nSPS) is 31.2. The number of hydrogen-bond acceptors (Lipinski definition) is 4. The fraction of sp³-hybridized carbons (Fsp3) is 0.778. The number of aliphatic hydroxyl groups is 1. The number of aromatic nitrogens is 2. The molecular formula is C18H28N4O2. The SMILES string of the molecule is CN1CCCn2nc(C(=O)N3CC[C@@]4(O)CCCC[C@H]4C3)cc2C1. The third-order valence-corrected chi connectivity index (χ3v) is 6.14. The molecule has 1 saturated carbocycles. The van der Waals surface area contributed by atoms with E-state index in [1.54, 1.807) is 0 Å². The van der Waals surface area contributed by atoms with Crippen LogP contribution in [-0.2, 0) is 13.1 Å². The number of rotatable bonds is 1. The minimum absolute atomic E-state index is 0.0332. The topological polar surface area (TPSA) is 61.6 Å². The van der Waals surface area contributed by atoms with E-state index in [0.717, 1.165) is 51.0 Å². The van der Waals surface area contributed by atoms with Crippen molar-refractivity contribution in [2.75, 3.05) is 26.7 Å². The van der Waals surface area contributed by atoms with Crippen molar-refractivity contribution < 1.29 is 9.90 Å². The molecule has 1 amide bonds. The van der Waals surface area contributed by atoms with Crippen molar-refractivity contribution in [1.82, 2.24) is 19.6 Å². The van der Waals surface area contributed by atoms with Crippen LogP contribution in [0.3, 0.4) is 0 Å². The van der Waals surface area contributed by atoms with Gasteiger partial charge in [-0.15, -0.1) is 0 Å². The molecule has 0 unspecified atom stereocenters. The lowest BCUT2D eigenvalue weighted by Gasteiger charge is -2.47. The molecule has 2 atom stereocenters. The van der Waals surface area contributed by atoms with Gasteiger partial charge in [0.1, 0.15) is 0 Å². The van der Waals surface area contributed by atoms with Crippen LogP contribution in [0.15, 0.2) is 6.07 Å². The largest absolute Gasteiger partial charge is 0.389 e. The molecule has 1 saturated heterocycles. The zero-order valence-corrected chi connectivity index (χ0v) is 14.6. The van der Waals surface area contributed by atoms with Gasteiger partial charge in [0, 0.05) is 38.6 Å². The van der Waals surface area contributed by atoms with E-state index in [1.165, 1.54) is 6.42 Å². The molecule has 1 aromatic rings. The number of aryl methyl sites for hydroxylation is 1. The zero-order valence-electron chi connectivity index (χ0n) is 14.6. The number of carbonyl (C=O) groups is 1. The van der Waals surface area contributed by atoms with E-state index in [9.17, 15) is 9.90 Å². The Morgan fingerprint density at radius 3 is 3.00 bits per heavy atom. The van der Waals surface area contributed by atoms with Crippen LogP contribution in [0.2, 0.25) is 0 Å². The summed E-state index contributed by atoms with van der Waals surface area (Å²) in [4.78, 5) is 17.1. The molecule has 3 heterocycles. The first-order chi connectivity index (χ1) is 11.5. The lowest BCUT2D eigenvalue weighted by atomic mass is 9.71. The van der Waals surface area contributed by atoms with E-state index in [4.69, 9.17) is 0 Å². The van der Waals surface area contributed by atoms with Crippen LogP contribution in [0.5, 0.6) is 0 Å². The van der Waals surface area contributed by atoms with Gasteiger partial charge in [0.05, 0.1) is 11.3 Å². The lowest BCUT2D eigenvalue weighted by Crippen LogP contribution is -2.54. The first-order valence-corrected chi connectivity index (χ1v) is 9.32. The third kappa shape index (κ3) is 2.86. The van der Waals surface area contributed by atoms with Crippen molar-refractivity contribution in [3.8, 4) is 0 Å². The van der Waals surface area contributed by atoms with Gasteiger partial charge in [0.2, 0.25) is 0 Å². The summed E-state index contributed by atoms with van der Waals surface area (Å²) < 4.78 is 2.00. The molecule has 2 aliphatic heterocycles. The van der Waals surface area contributed by atoms with Crippen LogP contribution >= 0.6 is 0 Å². The average Bonchev–Trinajstić information content (AvgIpc) is 2.87. The number of piperidine rings is 1. The number of nitrogens with zero attached hydrogens (tertiary/aromatic N) is 4. The van der Waals surface area contributed by atoms with Crippen molar-refractivity contribution in [3.63, 3.8) is 0 Å². The van der Waals surface area contributed by atoms with Gasteiger partial charge >= 0.3 is 0 Å². The van der Waals surface area contributed by atoms with Gasteiger partial charge < -0.3 is 14.9 Å². The van der Waals surface area contributed by atoms with Gasteiger partial charge in [-0.05, 0) is 38.8 Å². The number of fused-ring (bicyclic) bond motifs is 2. The number of likely N-dealkylation sites (tertiary alicyclic amines) is 1. The van der Waals surface area contributed by atoms with Crippen LogP contribution < -0.4 is 0 Å². The molecule has 6 heteroatoms. The fourth-order valence-corrected chi connectivity index (χ4v) is 4.64. The minimum Gasteiger partial charge on any atom is -0.389 e. The second kappa shape index (κ2) is 6.15. The van der Waals surface area contributed by atoms with E-state index >= 15 is 0 Å². The first kappa shape index (κ1) is 16.1. The second-order valence-corrected chi connectivity index (χ2v) is 7.88. The van der Waals surface area contributed by atoms with Crippen molar-refractivity contribution in [3.05, 3.63) is 17.5 Å². The van der Waals surface area contributed by atoms with Crippen LogP contribution in [0.4, 0.5) is 0 Å². The highest BCUT2D eigenvalue weighted by molar-refractivity contribution is 5.92. The Kier molecular flexibility index (Phi) is 4.12. The summed E-state index contributed by atoms with van der Waals surface area (Å²) >= 11 is 0. The molecule has 0 radical (unpaired) electrons. The quantitative estimate of drug-likeness (QED) is 0.846. The third-order valence-electron chi connectivity index (χ3n) is 6.14. The van der Waals surface area contributed by atoms with E-state index in [0.29, 0.717) is 25.2 Å². The van der Waals surface area contributed by atoms with Gasteiger partial charge in [-0.2, -0.15) is 5.10 Å². The summed E-state index contributed by atoms with van der Waals surface area (Å²) in [6, 6.07) is 1.96. The molecular weight excluding hydrogens is 304 g/mol. The van der Waals surface area contributed by atoms with Crippen molar-refractivity contribution in [2.24, 2.45) is 5.92 Å². The molecule has 24 heavy (non-hydrogen) atoms. The van der Waals surface area contributed by atoms with Crippen molar-refractivity contribution in [2.45, 2.75) is 57.2 Å². The molecule has 6 nitrogen and oxygen atoms in total. The minimum atomic E-state index is -0.539. The molecule has 0 bridgehead atoms. The van der Waals surface area contributed by atoms with Crippen LogP contribution in [0.1, 0.15) is 54.7 Å². The number of carbonyl (C=O) groups excluding carboxylic acids is 1. The van der Waals surface area contributed by atoms with Gasteiger partial charge in [0.25, 0.3) is 5.91 Å². The maximum Gasteiger partial charge on any atom is 0.274 e. The van der Waals surface area contributed by atoms with E-state index in [1.807, 2.05) is 15.6 Å². The Balaban J connectivity index is 1.49. The highest BCUT2D eigenvalue weighted by Crippen LogP contribution is 2.40. The highest BCUT2D eigenvalue weighted by Gasteiger charge is 2.44. The number of amides is 1. The predicted octanol–water partition coefficient (Wildman–Crippen LogP) is 1.49. The summed E-state index contributed by atoms with van der Waals surface area (Å²) in [5.74, 6) is 0.265. The molecule has 1 aliphatic carbocycles. The van der Waals surface area contributed by atoms with Gasteiger partial charge in [-0.25, -0.2) is 0 Å². The molecule has 1 N–H and O–H groups in total. The van der Waals surface area contributed by atoms with E-state index in [2.05, 4.69) is 17.0 Å². The first-order valence-electron chi connectivity index (χ1n) is 9.32. The van der Waals surface area contributed by atoms with Crippen LogP contribution in [-0.4, -0.2) is 62.9 Å². The lowest BCUT2D eigenvalue weighted by molar-refractivity contribution is -0.0886. The standard InChI is InChI=1S/C18H28N4O2/c1-20-8-4-9-22-15(13-20)11-16(19-22)17(23)21-10-7-18(24)6-3-2-5-14(18)12-21/h11,14,24H,2-10,12-13H2,1H3/t14-,18-/m0/s1. The maximum absolute atomic E-state index is 12.9. The van der Waals surface area contributed by atoms with Gasteiger partial charge in [-0.3, -0.25) is 9.48 Å². The molecule has 132 valence electrons. The maximum atomic E-state index is 12.9. The Morgan fingerprint density at radius 1 is 1.25 bits per heavy atom. The van der Waals surface area contributed by atoms with Crippen LogP contribution in [0.25, 0.3) is 0 Å². The Morgan fingerprint density at radius 2 is 2.12 bits per heavy atom. The molecule has 2 fully saturated rings. The summed E-state index contributed by atoms with van der Waals surface area (Å²) in [6.45, 7) is 4.13. The van der Waals surface area contributed by atoms with Crippen LogP contribution in [0, 0.1) is 5.92 Å².